The van der Waals surface area contributed by atoms with Crippen LogP contribution in [-0.4, -0.2) is 21.4 Å². The summed E-state index contributed by atoms with van der Waals surface area (Å²) in [4.78, 5) is 12.6. The predicted molar refractivity (Wildman–Crippen MR) is 110 cm³/mol. The third-order valence-corrected chi connectivity index (χ3v) is 5.58. The topological polar surface area (TPSA) is 84.5 Å². The first-order valence-electron chi connectivity index (χ1n) is 8.22. The van der Waals surface area contributed by atoms with Gasteiger partial charge in [-0.3, -0.25) is 9.52 Å². The van der Waals surface area contributed by atoms with Crippen LogP contribution in [0.25, 0.3) is 0 Å². The minimum absolute atomic E-state index is 0.124. The molecule has 0 fully saturated rings. The average molecular weight is 417 g/mol. The van der Waals surface area contributed by atoms with E-state index in [-0.39, 0.29) is 21.2 Å². The van der Waals surface area contributed by atoms with Gasteiger partial charge in [-0.2, -0.15) is 0 Å². The maximum absolute atomic E-state index is 12.4. The lowest BCUT2D eigenvalue weighted by Crippen LogP contribution is -2.14. The molecule has 3 aromatic carbocycles. The number of anilines is 2. The Labute approximate surface area is 168 Å². The smallest absolute Gasteiger partial charge is 0.261 e. The van der Waals surface area contributed by atoms with Crippen LogP contribution in [0.1, 0.15) is 10.4 Å². The molecule has 0 aliphatic rings. The Morgan fingerprint density at radius 1 is 0.929 bits per heavy atom. The van der Waals surface area contributed by atoms with Crippen molar-refractivity contribution in [3.05, 3.63) is 83.4 Å². The first-order valence-corrected chi connectivity index (χ1v) is 10.1. The van der Waals surface area contributed by atoms with Gasteiger partial charge in [0.15, 0.2) is 0 Å². The highest BCUT2D eigenvalue weighted by Crippen LogP contribution is 2.24. The molecule has 0 saturated heterocycles. The Morgan fingerprint density at radius 2 is 1.57 bits per heavy atom. The summed E-state index contributed by atoms with van der Waals surface area (Å²) in [5, 5.41) is 2.85. The molecule has 0 radical (unpaired) electrons. The van der Waals surface area contributed by atoms with E-state index in [4.69, 9.17) is 16.3 Å². The number of hydrogen-bond acceptors (Lipinski definition) is 4. The zero-order chi connectivity index (χ0) is 20.1. The summed E-state index contributed by atoms with van der Waals surface area (Å²) >= 11 is 6.20. The van der Waals surface area contributed by atoms with Crippen molar-refractivity contribution in [2.24, 2.45) is 0 Å². The SMILES string of the molecule is COc1ccc(NC(=O)c2ccc(NS(=O)(=O)c3ccccc3)cc2Cl)cc1. The highest BCUT2D eigenvalue weighted by molar-refractivity contribution is 7.92. The molecule has 0 heterocycles. The first-order chi connectivity index (χ1) is 13.4. The second kappa shape index (κ2) is 8.33. The molecule has 0 saturated carbocycles. The molecule has 0 aliphatic carbocycles. The molecule has 0 aliphatic heterocycles. The van der Waals surface area contributed by atoms with Gasteiger partial charge >= 0.3 is 0 Å². The van der Waals surface area contributed by atoms with E-state index < -0.39 is 15.9 Å². The minimum atomic E-state index is -3.74. The molecule has 144 valence electrons. The van der Waals surface area contributed by atoms with E-state index in [2.05, 4.69) is 10.0 Å². The fourth-order valence-corrected chi connectivity index (χ4v) is 3.79. The third-order valence-electron chi connectivity index (χ3n) is 3.87. The lowest BCUT2D eigenvalue weighted by Gasteiger charge is -2.11. The summed E-state index contributed by atoms with van der Waals surface area (Å²) in [6, 6.07) is 19.2. The number of benzene rings is 3. The van der Waals surface area contributed by atoms with E-state index in [1.807, 2.05) is 0 Å². The van der Waals surface area contributed by atoms with Crippen LogP contribution < -0.4 is 14.8 Å². The number of sulfonamides is 1. The molecule has 28 heavy (non-hydrogen) atoms. The van der Waals surface area contributed by atoms with Gasteiger partial charge in [-0.1, -0.05) is 29.8 Å². The first kappa shape index (κ1) is 19.7. The predicted octanol–water partition coefficient (Wildman–Crippen LogP) is 4.40. The fraction of sp³-hybridized carbons (Fsp3) is 0.0500. The van der Waals surface area contributed by atoms with E-state index >= 15 is 0 Å². The zero-order valence-corrected chi connectivity index (χ0v) is 16.4. The molecule has 3 aromatic rings. The van der Waals surface area contributed by atoms with E-state index in [0.29, 0.717) is 11.4 Å². The number of hydrogen-bond donors (Lipinski definition) is 2. The van der Waals surface area contributed by atoms with E-state index in [9.17, 15) is 13.2 Å². The third kappa shape index (κ3) is 4.62. The van der Waals surface area contributed by atoms with Crippen LogP contribution in [0.3, 0.4) is 0 Å². The van der Waals surface area contributed by atoms with Crippen LogP contribution in [0, 0.1) is 0 Å². The lowest BCUT2D eigenvalue weighted by molar-refractivity contribution is 0.102. The van der Waals surface area contributed by atoms with Gasteiger partial charge in [0, 0.05) is 5.69 Å². The second-order valence-corrected chi connectivity index (χ2v) is 7.89. The van der Waals surface area contributed by atoms with Crippen molar-refractivity contribution < 1.29 is 17.9 Å². The maximum atomic E-state index is 12.4. The summed E-state index contributed by atoms with van der Waals surface area (Å²) < 4.78 is 32.3. The van der Waals surface area contributed by atoms with Crippen LogP contribution in [0.2, 0.25) is 5.02 Å². The minimum Gasteiger partial charge on any atom is -0.497 e. The van der Waals surface area contributed by atoms with Crippen molar-refractivity contribution in [3.8, 4) is 5.75 Å². The highest BCUT2D eigenvalue weighted by Gasteiger charge is 2.16. The van der Waals surface area contributed by atoms with Crippen molar-refractivity contribution in [1.82, 2.24) is 0 Å². The maximum Gasteiger partial charge on any atom is 0.261 e. The van der Waals surface area contributed by atoms with Gasteiger partial charge in [-0.05, 0) is 54.6 Å². The summed E-state index contributed by atoms with van der Waals surface area (Å²) in [5.41, 5.74) is 1.06. The second-order valence-electron chi connectivity index (χ2n) is 5.80. The Bertz CT molecular complexity index is 1080. The van der Waals surface area contributed by atoms with Gasteiger partial charge in [0.05, 0.1) is 28.3 Å². The fourth-order valence-electron chi connectivity index (χ4n) is 2.45. The van der Waals surface area contributed by atoms with E-state index in [0.717, 1.165) is 0 Å². The summed E-state index contributed by atoms with van der Waals surface area (Å²) in [6.07, 6.45) is 0. The number of methoxy groups -OCH3 is 1. The van der Waals surface area contributed by atoms with Gasteiger partial charge in [-0.25, -0.2) is 8.42 Å². The summed E-state index contributed by atoms with van der Waals surface area (Å²) in [5.74, 6) is 0.263. The number of carbonyl (C=O) groups is 1. The van der Waals surface area contributed by atoms with Crippen molar-refractivity contribution >= 4 is 38.9 Å². The molecule has 3 rings (SSSR count). The van der Waals surface area contributed by atoms with Gasteiger partial charge in [0.25, 0.3) is 15.9 Å². The van der Waals surface area contributed by atoms with Crippen molar-refractivity contribution in [2.45, 2.75) is 4.90 Å². The number of rotatable bonds is 6. The van der Waals surface area contributed by atoms with Crippen LogP contribution in [0.5, 0.6) is 5.75 Å². The monoisotopic (exact) mass is 416 g/mol. The number of ether oxygens (including phenoxy) is 1. The van der Waals surface area contributed by atoms with Crippen LogP contribution >= 0.6 is 11.6 Å². The number of nitrogens with one attached hydrogen (secondary N) is 2. The molecular weight excluding hydrogens is 400 g/mol. The van der Waals surface area contributed by atoms with E-state index in [1.54, 1.807) is 49.6 Å². The molecule has 6 nitrogen and oxygen atoms in total. The molecule has 2 N–H and O–H groups in total. The lowest BCUT2D eigenvalue weighted by atomic mass is 10.2. The molecule has 1 amide bonds. The quantitative estimate of drug-likeness (QED) is 0.623. The molecular formula is C20H17ClN2O4S. The Balaban J connectivity index is 1.75. The largest absolute Gasteiger partial charge is 0.497 e. The van der Waals surface area contributed by atoms with Gasteiger partial charge in [0.1, 0.15) is 5.75 Å². The molecule has 0 aromatic heterocycles. The Morgan fingerprint density at radius 3 is 2.18 bits per heavy atom. The molecule has 0 atom stereocenters. The zero-order valence-electron chi connectivity index (χ0n) is 14.8. The summed E-state index contributed by atoms with van der Waals surface area (Å²) in [7, 11) is -2.18. The highest BCUT2D eigenvalue weighted by atomic mass is 35.5. The van der Waals surface area contributed by atoms with Gasteiger partial charge < -0.3 is 10.1 Å². The van der Waals surface area contributed by atoms with Gasteiger partial charge in [0.2, 0.25) is 0 Å². The van der Waals surface area contributed by atoms with Crippen molar-refractivity contribution in [2.75, 3.05) is 17.1 Å². The van der Waals surface area contributed by atoms with Crippen LogP contribution in [0.4, 0.5) is 11.4 Å². The standard InChI is InChI=1S/C20H17ClN2O4S/c1-27-16-10-7-14(8-11-16)22-20(24)18-12-9-15(13-19(18)21)23-28(25,26)17-5-3-2-4-6-17/h2-13,23H,1H3,(H,22,24). The van der Waals surface area contributed by atoms with Crippen molar-refractivity contribution in [1.29, 1.82) is 0 Å². The van der Waals surface area contributed by atoms with Crippen LogP contribution in [0.15, 0.2) is 77.7 Å². The Kier molecular flexibility index (Phi) is 5.87. The number of halogens is 1. The molecule has 8 heteroatoms. The van der Waals surface area contributed by atoms with Gasteiger partial charge in [-0.15, -0.1) is 0 Å². The Hall–Kier alpha value is -3.03. The van der Waals surface area contributed by atoms with Crippen molar-refractivity contribution in [3.63, 3.8) is 0 Å². The average Bonchev–Trinajstić information content (AvgIpc) is 2.69. The summed E-state index contributed by atoms with van der Waals surface area (Å²) in [6.45, 7) is 0. The number of carbonyl (C=O) groups excluding carboxylic acids is 1. The molecule has 0 unspecified atom stereocenters. The van der Waals surface area contributed by atoms with Crippen LogP contribution in [-0.2, 0) is 10.0 Å². The number of amides is 1. The van der Waals surface area contributed by atoms with E-state index in [1.165, 1.54) is 30.3 Å². The molecule has 0 spiro atoms. The molecule has 0 bridgehead atoms. The normalized spacial score (nSPS) is 10.9.